The predicted molar refractivity (Wildman–Crippen MR) is 81.9 cm³/mol. The maximum Gasteiger partial charge on any atom is 0.131 e. The number of hydrogen-bond acceptors (Lipinski definition) is 3. The molecule has 3 nitrogen and oxygen atoms in total. The van der Waals surface area contributed by atoms with Gasteiger partial charge in [-0.2, -0.15) is 0 Å². The first-order valence-electron chi connectivity index (χ1n) is 7.13. The van der Waals surface area contributed by atoms with Crippen LogP contribution in [-0.2, 0) is 6.61 Å². The summed E-state index contributed by atoms with van der Waals surface area (Å²) in [5.41, 5.74) is 1.75. The number of hydrogen-bond donors (Lipinski definition) is 2. The highest BCUT2D eigenvalue weighted by Crippen LogP contribution is 2.27. The summed E-state index contributed by atoms with van der Waals surface area (Å²) in [6.45, 7) is 4.01. The van der Waals surface area contributed by atoms with Gasteiger partial charge in [-0.05, 0) is 38.1 Å². The van der Waals surface area contributed by atoms with Crippen molar-refractivity contribution in [2.75, 3.05) is 11.9 Å². The third-order valence-electron chi connectivity index (χ3n) is 3.34. The van der Waals surface area contributed by atoms with Crippen LogP contribution in [0.25, 0.3) is 0 Å². The molecule has 0 fully saturated rings. The molecule has 1 atom stereocenters. The number of ether oxygens (including phenoxy) is 1. The van der Waals surface area contributed by atoms with Crippen LogP contribution in [0.1, 0.15) is 31.0 Å². The molecule has 2 aromatic rings. The number of aliphatic hydroxyl groups excluding tert-OH is 1. The van der Waals surface area contributed by atoms with Crippen LogP contribution >= 0.6 is 0 Å². The first kappa shape index (κ1) is 16.2. The Morgan fingerprint density at radius 1 is 1.18 bits per heavy atom. The first-order valence-corrected chi connectivity index (χ1v) is 7.13. The zero-order chi connectivity index (χ0) is 16.1. The van der Waals surface area contributed by atoms with Gasteiger partial charge in [-0.3, -0.25) is 0 Å². The molecule has 0 saturated heterocycles. The lowest BCUT2D eigenvalue weighted by molar-refractivity contribution is 0.267. The van der Waals surface area contributed by atoms with Crippen LogP contribution < -0.4 is 10.1 Å². The van der Waals surface area contributed by atoms with Crippen molar-refractivity contribution in [1.82, 2.24) is 0 Å². The van der Waals surface area contributed by atoms with E-state index in [1.165, 1.54) is 12.1 Å². The Bertz CT molecular complexity index is 647. The molecular weight excluding hydrogens is 288 g/mol. The second-order valence-corrected chi connectivity index (χ2v) is 4.95. The van der Waals surface area contributed by atoms with Gasteiger partial charge in [0.15, 0.2) is 0 Å². The van der Waals surface area contributed by atoms with Crippen molar-refractivity contribution >= 4 is 5.69 Å². The molecule has 0 amide bonds. The Labute approximate surface area is 128 Å². The van der Waals surface area contributed by atoms with Gasteiger partial charge in [0.25, 0.3) is 0 Å². The summed E-state index contributed by atoms with van der Waals surface area (Å²) in [4.78, 5) is 0. The fraction of sp³-hybridized carbons (Fsp3) is 0.294. The van der Waals surface area contributed by atoms with Gasteiger partial charge in [-0.25, -0.2) is 8.78 Å². The SMILES string of the molecule is CCOc1ccc(NC(C)c2ccc(F)cc2F)cc1CO. The molecule has 0 radical (unpaired) electrons. The summed E-state index contributed by atoms with van der Waals surface area (Å²) in [7, 11) is 0. The van der Waals surface area contributed by atoms with Crippen LogP contribution in [0.2, 0.25) is 0 Å². The van der Waals surface area contributed by atoms with Crippen molar-refractivity contribution < 1.29 is 18.6 Å². The van der Waals surface area contributed by atoms with E-state index in [2.05, 4.69) is 5.32 Å². The highest BCUT2D eigenvalue weighted by molar-refractivity contribution is 5.52. The first-order chi connectivity index (χ1) is 10.5. The number of aliphatic hydroxyl groups is 1. The van der Waals surface area contributed by atoms with Gasteiger partial charge in [0, 0.05) is 22.9 Å². The summed E-state index contributed by atoms with van der Waals surface area (Å²) in [5, 5.41) is 12.5. The molecule has 0 saturated carbocycles. The minimum Gasteiger partial charge on any atom is -0.494 e. The average molecular weight is 307 g/mol. The van der Waals surface area contributed by atoms with Crippen LogP contribution in [0.15, 0.2) is 36.4 Å². The molecule has 2 rings (SSSR count). The maximum atomic E-state index is 13.8. The molecule has 0 aliphatic heterocycles. The molecule has 0 spiro atoms. The van der Waals surface area contributed by atoms with E-state index in [4.69, 9.17) is 4.74 Å². The summed E-state index contributed by atoms with van der Waals surface area (Å²) in [6, 6.07) is 8.48. The smallest absolute Gasteiger partial charge is 0.131 e. The number of rotatable bonds is 6. The second-order valence-electron chi connectivity index (χ2n) is 4.95. The number of benzene rings is 2. The fourth-order valence-corrected chi connectivity index (χ4v) is 2.27. The molecule has 22 heavy (non-hydrogen) atoms. The molecule has 5 heteroatoms. The summed E-state index contributed by atoms with van der Waals surface area (Å²) >= 11 is 0. The summed E-state index contributed by atoms with van der Waals surface area (Å²) in [6.07, 6.45) is 0. The Morgan fingerprint density at radius 2 is 1.95 bits per heavy atom. The monoisotopic (exact) mass is 307 g/mol. The topological polar surface area (TPSA) is 41.5 Å². The van der Waals surface area contributed by atoms with Gasteiger partial charge in [-0.15, -0.1) is 0 Å². The van der Waals surface area contributed by atoms with Gasteiger partial charge < -0.3 is 15.2 Å². The van der Waals surface area contributed by atoms with Crippen LogP contribution in [0.3, 0.4) is 0 Å². The highest BCUT2D eigenvalue weighted by Gasteiger charge is 2.12. The predicted octanol–water partition coefficient (Wildman–Crippen LogP) is 4.03. The van der Waals surface area contributed by atoms with Crippen LogP contribution in [0.5, 0.6) is 5.75 Å². The minimum atomic E-state index is -0.600. The summed E-state index contributed by atoms with van der Waals surface area (Å²) in [5.74, 6) is -0.568. The van der Waals surface area contributed by atoms with E-state index in [1.807, 2.05) is 6.92 Å². The third-order valence-corrected chi connectivity index (χ3v) is 3.34. The standard InChI is InChI=1S/C17H19F2NO2/c1-3-22-17-7-5-14(8-12(17)10-21)20-11(2)15-6-4-13(18)9-16(15)19/h4-9,11,20-21H,3,10H2,1-2H3. The van der Waals surface area contributed by atoms with Crippen LogP contribution in [-0.4, -0.2) is 11.7 Å². The largest absolute Gasteiger partial charge is 0.494 e. The van der Waals surface area contributed by atoms with Crippen molar-refractivity contribution in [1.29, 1.82) is 0 Å². The number of halogens is 2. The van der Waals surface area contributed by atoms with E-state index in [1.54, 1.807) is 25.1 Å². The van der Waals surface area contributed by atoms with E-state index in [0.717, 1.165) is 11.8 Å². The van der Waals surface area contributed by atoms with E-state index in [0.29, 0.717) is 23.5 Å². The fourth-order valence-electron chi connectivity index (χ4n) is 2.27. The van der Waals surface area contributed by atoms with Crippen LogP contribution in [0.4, 0.5) is 14.5 Å². The Balaban J connectivity index is 2.19. The molecule has 2 aromatic carbocycles. The van der Waals surface area contributed by atoms with Crippen LogP contribution in [0, 0.1) is 11.6 Å². The molecule has 118 valence electrons. The lowest BCUT2D eigenvalue weighted by Gasteiger charge is -2.18. The third kappa shape index (κ3) is 3.74. The average Bonchev–Trinajstić information content (AvgIpc) is 2.48. The lowest BCUT2D eigenvalue weighted by atomic mass is 10.1. The quantitative estimate of drug-likeness (QED) is 0.846. The van der Waals surface area contributed by atoms with Crippen molar-refractivity contribution in [3.05, 3.63) is 59.2 Å². The molecule has 0 bridgehead atoms. The molecule has 0 aromatic heterocycles. The van der Waals surface area contributed by atoms with Crippen molar-refractivity contribution in [2.24, 2.45) is 0 Å². The Morgan fingerprint density at radius 3 is 2.59 bits per heavy atom. The minimum absolute atomic E-state index is 0.149. The number of anilines is 1. The molecule has 1 unspecified atom stereocenters. The Hall–Kier alpha value is -2.14. The molecule has 2 N–H and O–H groups in total. The van der Waals surface area contributed by atoms with Crippen molar-refractivity contribution in [3.8, 4) is 5.75 Å². The summed E-state index contributed by atoms with van der Waals surface area (Å²) < 4.78 is 32.1. The highest BCUT2D eigenvalue weighted by atomic mass is 19.1. The van der Waals surface area contributed by atoms with Gasteiger partial charge in [0.1, 0.15) is 17.4 Å². The molecular formula is C17H19F2NO2. The van der Waals surface area contributed by atoms with E-state index in [-0.39, 0.29) is 12.6 Å². The van der Waals surface area contributed by atoms with Crippen molar-refractivity contribution in [2.45, 2.75) is 26.5 Å². The number of nitrogens with one attached hydrogen (secondary N) is 1. The second kappa shape index (κ2) is 7.22. The zero-order valence-corrected chi connectivity index (χ0v) is 12.6. The molecule has 0 aliphatic carbocycles. The zero-order valence-electron chi connectivity index (χ0n) is 12.6. The van der Waals surface area contributed by atoms with Gasteiger partial charge in [0.2, 0.25) is 0 Å². The van der Waals surface area contributed by atoms with Gasteiger partial charge in [0.05, 0.1) is 19.3 Å². The molecule has 0 aliphatic rings. The normalized spacial score (nSPS) is 12.0. The Kier molecular flexibility index (Phi) is 5.33. The van der Waals surface area contributed by atoms with Gasteiger partial charge >= 0.3 is 0 Å². The lowest BCUT2D eigenvalue weighted by Crippen LogP contribution is -2.09. The van der Waals surface area contributed by atoms with Crippen molar-refractivity contribution in [3.63, 3.8) is 0 Å². The van der Waals surface area contributed by atoms with E-state index < -0.39 is 11.6 Å². The van der Waals surface area contributed by atoms with Gasteiger partial charge in [-0.1, -0.05) is 6.07 Å². The molecule has 0 heterocycles. The van der Waals surface area contributed by atoms with E-state index in [9.17, 15) is 13.9 Å². The maximum absolute atomic E-state index is 13.8. The van der Waals surface area contributed by atoms with E-state index >= 15 is 0 Å².